The Bertz CT molecular complexity index is 161. The molecule has 0 saturated heterocycles. The summed E-state index contributed by atoms with van der Waals surface area (Å²) in [5.74, 6) is 0. The van der Waals surface area contributed by atoms with Crippen LogP contribution in [0.4, 0.5) is 13.2 Å². The van der Waals surface area contributed by atoms with E-state index in [0.29, 0.717) is 12.6 Å². The number of hydrogen-bond donors (Lipinski definition) is 1. The summed E-state index contributed by atoms with van der Waals surface area (Å²) >= 11 is 0. The lowest BCUT2D eigenvalue weighted by atomic mass is 10.2. The largest absolute Gasteiger partial charge is 0.391 e. The predicted octanol–water partition coefficient (Wildman–Crippen LogP) is 2.73. The fraction of sp³-hybridized carbons (Fsp3) is 1.00. The molecule has 0 aliphatic heterocycles. The lowest BCUT2D eigenvalue weighted by Crippen LogP contribution is -2.33. The van der Waals surface area contributed by atoms with Gasteiger partial charge in [0, 0.05) is 12.6 Å². The first-order valence-electron chi connectivity index (χ1n) is 5.27. The van der Waals surface area contributed by atoms with Crippen LogP contribution in [0.25, 0.3) is 0 Å². The molecule has 2 atom stereocenters. The van der Waals surface area contributed by atoms with E-state index in [9.17, 15) is 13.2 Å². The Morgan fingerprint density at radius 1 is 1.27 bits per heavy atom. The van der Waals surface area contributed by atoms with Gasteiger partial charge in [0.2, 0.25) is 0 Å². The van der Waals surface area contributed by atoms with E-state index in [-0.39, 0.29) is 12.7 Å². The Balaban J connectivity index is 3.45. The highest BCUT2D eigenvalue weighted by molar-refractivity contribution is 4.62. The Morgan fingerprint density at radius 2 is 1.87 bits per heavy atom. The SMILES string of the molecule is CCC(C)NCC(C)OCCC(F)(F)F. The highest BCUT2D eigenvalue weighted by Crippen LogP contribution is 2.19. The van der Waals surface area contributed by atoms with Gasteiger partial charge in [0.1, 0.15) is 0 Å². The van der Waals surface area contributed by atoms with Crippen molar-refractivity contribution in [2.24, 2.45) is 0 Å². The van der Waals surface area contributed by atoms with Gasteiger partial charge in [-0.15, -0.1) is 0 Å². The summed E-state index contributed by atoms with van der Waals surface area (Å²) in [5.41, 5.74) is 0. The zero-order valence-corrected chi connectivity index (χ0v) is 9.53. The zero-order valence-electron chi connectivity index (χ0n) is 9.53. The van der Waals surface area contributed by atoms with E-state index in [2.05, 4.69) is 5.32 Å². The summed E-state index contributed by atoms with van der Waals surface area (Å²) in [6, 6.07) is 0.374. The van der Waals surface area contributed by atoms with Crippen molar-refractivity contribution in [2.45, 2.75) is 51.9 Å². The minimum Gasteiger partial charge on any atom is -0.377 e. The molecule has 15 heavy (non-hydrogen) atoms. The van der Waals surface area contributed by atoms with Gasteiger partial charge in [0.05, 0.1) is 19.1 Å². The molecule has 0 bridgehead atoms. The Hall–Kier alpha value is -0.290. The van der Waals surface area contributed by atoms with Gasteiger partial charge in [0.15, 0.2) is 0 Å². The molecule has 92 valence electrons. The van der Waals surface area contributed by atoms with E-state index in [1.54, 1.807) is 6.92 Å². The molecule has 0 spiro atoms. The second-order valence-electron chi connectivity index (χ2n) is 3.76. The molecule has 0 aromatic rings. The monoisotopic (exact) mass is 227 g/mol. The molecule has 0 aromatic carbocycles. The fourth-order valence-electron chi connectivity index (χ4n) is 0.946. The molecule has 5 heteroatoms. The lowest BCUT2D eigenvalue weighted by Gasteiger charge is -2.17. The highest BCUT2D eigenvalue weighted by Gasteiger charge is 2.26. The first kappa shape index (κ1) is 14.7. The van der Waals surface area contributed by atoms with Gasteiger partial charge in [-0.3, -0.25) is 0 Å². The van der Waals surface area contributed by atoms with Crippen LogP contribution in [-0.2, 0) is 4.74 Å². The van der Waals surface area contributed by atoms with Crippen molar-refractivity contribution < 1.29 is 17.9 Å². The van der Waals surface area contributed by atoms with Gasteiger partial charge in [-0.2, -0.15) is 13.2 Å². The van der Waals surface area contributed by atoms with Gasteiger partial charge in [0.25, 0.3) is 0 Å². The van der Waals surface area contributed by atoms with E-state index < -0.39 is 12.6 Å². The number of rotatable bonds is 7. The summed E-state index contributed by atoms with van der Waals surface area (Å²) in [5, 5.41) is 3.17. The molecule has 0 heterocycles. The molecular weight excluding hydrogens is 207 g/mol. The van der Waals surface area contributed by atoms with E-state index in [1.807, 2.05) is 13.8 Å². The van der Waals surface area contributed by atoms with Crippen molar-refractivity contribution in [1.29, 1.82) is 0 Å². The molecule has 0 aromatic heterocycles. The van der Waals surface area contributed by atoms with Crippen molar-refractivity contribution in [1.82, 2.24) is 5.32 Å². The molecule has 1 N–H and O–H groups in total. The highest BCUT2D eigenvalue weighted by atomic mass is 19.4. The molecule has 2 unspecified atom stereocenters. The maximum absolute atomic E-state index is 11.8. The van der Waals surface area contributed by atoms with Gasteiger partial charge in [-0.25, -0.2) is 0 Å². The maximum atomic E-state index is 11.8. The maximum Gasteiger partial charge on any atom is 0.391 e. The minimum absolute atomic E-state index is 0.179. The molecule has 0 radical (unpaired) electrons. The number of nitrogens with one attached hydrogen (secondary N) is 1. The van der Waals surface area contributed by atoms with Gasteiger partial charge >= 0.3 is 6.18 Å². The summed E-state index contributed by atoms with van der Waals surface area (Å²) in [7, 11) is 0. The van der Waals surface area contributed by atoms with Crippen molar-refractivity contribution in [3.63, 3.8) is 0 Å². The van der Waals surface area contributed by atoms with Crippen molar-refractivity contribution in [2.75, 3.05) is 13.2 Å². The number of hydrogen-bond acceptors (Lipinski definition) is 2. The predicted molar refractivity (Wildman–Crippen MR) is 53.8 cm³/mol. The first-order chi connectivity index (χ1) is 6.85. The molecular formula is C10H20F3NO. The number of ether oxygens (including phenoxy) is 1. The van der Waals surface area contributed by atoms with Crippen LogP contribution < -0.4 is 5.32 Å². The average molecular weight is 227 g/mol. The number of halogens is 3. The van der Waals surface area contributed by atoms with Crippen LogP contribution in [0, 0.1) is 0 Å². The zero-order chi connectivity index (χ0) is 11.9. The molecule has 0 aliphatic carbocycles. The molecule has 0 aliphatic rings. The van der Waals surface area contributed by atoms with Crippen LogP contribution in [0.15, 0.2) is 0 Å². The Labute approximate surface area is 89.2 Å². The Kier molecular flexibility index (Phi) is 6.92. The smallest absolute Gasteiger partial charge is 0.377 e. The summed E-state index contributed by atoms with van der Waals surface area (Å²) < 4.78 is 40.4. The quantitative estimate of drug-likeness (QED) is 0.722. The summed E-state index contributed by atoms with van der Waals surface area (Å²) in [6.45, 7) is 6.18. The van der Waals surface area contributed by atoms with Crippen molar-refractivity contribution >= 4 is 0 Å². The van der Waals surface area contributed by atoms with Crippen molar-refractivity contribution in [3.8, 4) is 0 Å². The molecule has 0 amide bonds. The van der Waals surface area contributed by atoms with E-state index in [4.69, 9.17) is 4.74 Å². The molecule has 2 nitrogen and oxygen atoms in total. The topological polar surface area (TPSA) is 21.3 Å². The normalized spacial score (nSPS) is 16.4. The van der Waals surface area contributed by atoms with Crippen LogP contribution in [0.5, 0.6) is 0 Å². The summed E-state index contributed by atoms with van der Waals surface area (Å²) in [4.78, 5) is 0. The van der Waals surface area contributed by atoms with Crippen LogP contribution in [0.1, 0.15) is 33.6 Å². The molecule has 0 saturated carbocycles. The minimum atomic E-state index is -4.12. The van der Waals surface area contributed by atoms with E-state index in [1.165, 1.54) is 0 Å². The molecule has 0 rings (SSSR count). The third-order valence-corrected chi connectivity index (χ3v) is 2.15. The van der Waals surface area contributed by atoms with Gasteiger partial charge < -0.3 is 10.1 Å². The number of alkyl halides is 3. The second kappa shape index (κ2) is 7.06. The van der Waals surface area contributed by atoms with Crippen LogP contribution in [0.3, 0.4) is 0 Å². The average Bonchev–Trinajstić information content (AvgIpc) is 2.12. The third-order valence-electron chi connectivity index (χ3n) is 2.15. The lowest BCUT2D eigenvalue weighted by molar-refractivity contribution is -0.148. The molecule has 0 fully saturated rings. The fourth-order valence-corrected chi connectivity index (χ4v) is 0.946. The van der Waals surface area contributed by atoms with Gasteiger partial charge in [-0.1, -0.05) is 6.92 Å². The van der Waals surface area contributed by atoms with Crippen LogP contribution in [0.2, 0.25) is 0 Å². The van der Waals surface area contributed by atoms with E-state index >= 15 is 0 Å². The Morgan fingerprint density at radius 3 is 2.33 bits per heavy atom. The van der Waals surface area contributed by atoms with Crippen molar-refractivity contribution in [3.05, 3.63) is 0 Å². The van der Waals surface area contributed by atoms with Crippen LogP contribution in [-0.4, -0.2) is 31.5 Å². The van der Waals surface area contributed by atoms with E-state index in [0.717, 1.165) is 6.42 Å². The second-order valence-corrected chi connectivity index (χ2v) is 3.76. The third kappa shape index (κ3) is 10.0. The van der Waals surface area contributed by atoms with Gasteiger partial charge in [-0.05, 0) is 20.3 Å². The summed E-state index contributed by atoms with van der Waals surface area (Å²) in [6.07, 6.45) is -4.18. The first-order valence-corrected chi connectivity index (χ1v) is 5.27. The standard InChI is InChI=1S/C10H20F3NO/c1-4-8(2)14-7-9(3)15-6-5-10(11,12)13/h8-9,14H,4-7H2,1-3H3. The van der Waals surface area contributed by atoms with Crippen LogP contribution >= 0.6 is 0 Å².